The van der Waals surface area contributed by atoms with Crippen LogP contribution < -0.4 is 22.0 Å². The Kier molecular flexibility index (Phi) is 10.9. The lowest BCUT2D eigenvalue weighted by Crippen LogP contribution is -2.21. The zero-order valence-electron chi connectivity index (χ0n) is 33.8. The lowest BCUT2D eigenvalue weighted by Gasteiger charge is -2.15. The van der Waals surface area contributed by atoms with E-state index >= 15 is 0 Å². The van der Waals surface area contributed by atoms with Gasteiger partial charge in [-0.2, -0.15) is 67.3 Å². The fourth-order valence-electron chi connectivity index (χ4n) is 8.04. The van der Waals surface area contributed by atoms with Gasteiger partial charge >= 0.3 is 0 Å². The van der Waals surface area contributed by atoms with Gasteiger partial charge in [0.25, 0.3) is 80.9 Å². The van der Waals surface area contributed by atoms with E-state index in [0.29, 0.717) is 0 Å². The van der Waals surface area contributed by atoms with Gasteiger partial charge in [0, 0.05) is 21.5 Å². The molecule has 1 aliphatic heterocycles. The van der Waals surface area contributed by atoms with Crippen LogP contribution in [0.5, 0.6) is 0 Å². The summed E-state index contributed by atoms with van der Waals surface area (Å²) in [4.78, 5) is 5.71. The molecule has 1 aliphatic rings. The second-order valence-corrected chi connectivity index (χ2v) is 25.6. The molecule has 12 N–H and O–H groups in total. The molecule has 0 amide bonds. The monoisotopic (exact) mass is 1160 g/mol. The highest BCUT2D eigenvalue weighted by Crippen LogP contribution is 2.49. The normalized spacial score (nSPS) is 14.3. The van der Waals surface area contributed by atoms with Gasteiger partial charge in [-0.1, -0.05) is 48.5 Å². The SMILES string of the molecule is O=S(=O)(O)c1c(S(=O)(=O)O)c(S(=O)(=O)O)c2c3[nH]c(c2c1S(=O)(=O)O)N=c1[nH]c(c2ccccc12)=Nc1[nH]c(c2ccccc12)N=c1[nH]c(c2c(S(=O)(=O)O)c(S(=O)(=O)O)c(S(=O)(=O)O)c(S(=O)(=O)O)c12)=N3. The van der Waals surface area contributed by atoms with Crippen molar-refractivity contribution < 1.29 is 104 Å². The van der Waals surface area contributed by atoms with Crippen molar-refractivity contribution in [1.29, 1.82) is 0 Å². The van der Waals surface area contributed by atoms with Crippen molar-refractivity contribution in [2.75, 3.05) is 0 Å². The molecule has 380 valence electrons. The van der Waals surface area contributed by atoms with Crippen molar-refractivity contribution >= 4 is 147 Å². The van der Waals surface area contributed by atoms with Gasteiger partial charge in [-0.05, 0) is 0 Å². The zero-order valence-corrected chi connectivity index (χ0v) is 40.3. The fraction of sp³-hybridized carbons (Fsp3) is 0. The molecule has 0 saturated carbocycles. The molecule has 5 heterocycles. The third-order valence-corrected chi connectivity index (χ3v) is 18.5. The molecule has 40 heteroatoms. The van der Waals surface area contributed by atoms with Crippen LogP contribution in [0.4, 0.5) is 23.3 Å². The van der Waals surface area contributed by atoms with E-state index in [1.54, 1.807) is 0 Å². The molecular weight excluding hydrogens is 1140 g/mol. The summed E-state index contributed by atoms with van der Waals surface area (Å²) < 4.78 is 296. The minimum atomic E-state index is -6.70. The van der Waals surface area contributed by atoms with Crippen LogP contribution >= 0.6 is 0 Å². The highest BCUT2D eigenvalue weighted by molar-refractivity contribution is 7.92. The molecule has 0 spiro atoms. The number of hydrogen-bond acceptors (Lipinski definition) is 20. The molecule has 0 unspecified atom stereocenters. The van der Waals surface area contributed by atoms with Crippen LogP contribution in [0.1, 0.15) is 0 Å². The van der Waals surface area contributed by atoms with Crippen LogP contribution in [0.3, 0.4) is 0 Å². The van der Waals surface area contributed by atoms with Crippen LogP contribution in [0, 0.1) is 0 Å². The standard InChI is InChI=1S/C32H20N8O24S8/c41-65(42,43)17-13-15(19(67(47,48)49)23(71(59,60)61)21(17)69(53,54)55)31-38-29(13)36-27-11-7-3-1-5-9(11)25(34-27)33-26-10-6-2-4-8-12(10)28(35-26)37-30-14-16(32(39-30)40-31)20(68(50,51)52)24(72(62,63)64)22(70(56,57)58)18(14)66(44,45)46/h1-8H,(H,41,42,43)(H,44,45,46)(H,47,48,49)(H,50,51,52)(H,53,54,55)(H,56,57,58)(H,59,60,61)(H,62,63,64)(H4,33,34,35,36,37,38,39,40). The van der Waals surface area contributed by atoms with E-state index in [0.717, 1.165) is 0 Å². The lowest BCUT2D eigenvalue weighted by atomic mass is 10.2. The van der Waals surface area contributed by atoms with E-state index in [9.17, 15) is 104 Å². The Hall–Kier alpha value is -6.48. The van der Waals surface area contributed by atoms with Gasteiger partial charge in [0.1, 0.15) is 84.4 Å². The van der Waals surface area contributed by atoms with Gasteiger partial charge in [-0.15, -0.1) is 0 Å². The van der Waals surface area contributed by atoms with Crippen LogP contribution in [-0.2, 0) is 80.9 Å². The van der Waals surface area contributed by atoms with Gasteiger partial charge in [0.05, 0.1) is 21.5 Å². The van der Waals surface area contributed by atoms with E-state index in [2.05, 4.69) is 39.9 Å². The molecule has 0 atom stereocenters. The highest BCUT2D eigenvalue weighted by Gasteiger charge is 2.45. The summed E-state index contributed by atoms with van der Waals surface area (Å²) in [5, 5.41) is -6.98. The van der Waals surface area contributed by atoms with Crippen LogP contribution in [0.2, 0.25) is 0 Å². The van der Waals surface area contributed by atoms with Crippen molar-refractivity contribution in [1.82, 2.24) is 19.9 Å². The Bertz CT molecular complexity index is 5140. The van der Waals surface area contributed by atoms with Crippen LogP contribution in [-0.4, -0.2) is 124 Å². The number of hydrogen-bond donors (Lipinski definition) is 12. The maximum Gasteiger partial charge on any atom is 0.297 e. The molecule has 0 fully saturated rings. The Balaban J connectivity index is 1.77. The minimum absolute atomic E-state index is 0.0157. The van der Waals surface area contributed by atoms with E-state index < -0.39 is 176 Å². The quantitative estimate of drug-likeness (QED) is 0.0869. The van der Waals surface area contributed by atoms with Crippen LogP contribution in [0.15, 0.2) is 108 Å². The number of aromatic nitrogens is 4. The minimum Gasteiger partial charge on any atom is -0.324 e. The molecule has 32 nitrogen and oxygen atoms in total. The number of rotatable bonds is 8. The summed E-state index contributed by atoms with van der Waals surface area (Å²) in [6.07, 6.45) is 0. The number of nitrogens with zero attached hydrogens (tertiary/aromatic N) is 4. The highest BCUT2D eigenvalue weighted by atomic mass is 32.3. The van der Waals surface area contributed by atoms with Crippen molar-refractivity contribution in [3.05, 3.63) is 70.5 Å². The molecule has 0 radical (unpaired) electrons. The summed E-state index contributed by atoms with van der Waals surface area (Å²) in [6.45, 7) is 0. The summed E-state index contributed by atoms with van der Waals surface area (Å²) >= 11 is 0. The first-order valence-corrected chi connectivity index (χ1v) is 29.7. The molecule has 9 rings (SSSR count). The smallest absolute Gasteiger partial charge is 0.297 e. The predicted octanol–water partition coefficient (Wildman–Crippen LogP) is -0.296. The molecule has 72 heavy (non-hydrogen) atoms. The zero-order chi connectivity index (χ0) is 53.2. The van der Waals surface area contributed by atoms with Gasteiger partial charge in [-0.3, -0.25) is 36.4 Å². The summed E-state index contributed by atoms with van der Waals surface area (Å²) in [5.74, 6) is -3.70. The summed E-state index contributed by atoms with van der Waals surface area (Å²) in [6, 6.07) is 11.1. The third kappa shape index (κ3) is 8.06. The molecular formula is C32H20N8O24S8. The van der Waals surface area contributed by atoms with E-state index in [1.165, 1.54) is 48.5 Å². The largest absolute Gasteiger partial charge is 0.324 e. The third-order valence-electron chi connectivity index (χ3n) is 10.4. The van der Waals surface area contributed by atoms with Gasteiger partial charge in [0.15, 0.2) is 0 Å². The van der Waals surface area contributed by atoms with Crippen molar-refractivity contribution in [2.45, 2.75) is 39.2 Å². The Morgan fingerprint density at radius 2 is 0.486 bits per heavy atom. The summed E-state index contributed by atoms with van der Waals surface area (Å²) in [7, 11) is -52.9. The van der Waals surface area contributed by atoms with E-state index in [-0.39, 0.29) is 32.9 Å². The summed E-state index contributed by atoms with van der Waals surface area (Å²) in [5.41, 5.74) is -3.70. The first-order chi connectivity index (χ1) is 32.8. The molecule has 0 saturated heterocycles. The second-order valence-electron chi connectivity index (χ2n) is 14.8. The Labute approximate surface area is 398 Å². The average molecular weight is 1160 g/mol. The molecule has 8 aromatic rings. The second kappa shape index (κ2) is 15.5. The van der Waals surface area contributed by atoms with E-state index in [4.69, 9.17) is 0 Å². The molecule has 8 bridgehead atoms. The van der Waals surface area contributed by atoms with Crippen molar-refractivity contribution in [3.8, 4) is 0 Å². The van der Waals surface area contributed by atoms with Crippen LogP contribution in [0.25, 0.3) is 43.1 Å². The molecule has 4 aromatic heterocycles. The van der Waals surface area contributed by atoms with Gasteiger partial charge < -0.3 is 19.9 Å². The fourth-order valence-corrected chi connectivity index (χ4v) is 18.0. The van der Waals surface area contributed by atoms with Crippen molar-refractivity contribution in [2.24, 2.45) is 20.0 Å². The molecule has 4 aromatic carbocycles. The van der Waals surface area contributed by atoms with Gasteiger partial charge in [0.2, 0.25) is 0 Å². The number of nitrogens with one attached hydrogen (secondary N) is 4. The maximum absolute atomic E-state index is 13.4. The van der Waals surface area contributed by atoms with Crippen molar-refractivity contribution in [3.63, 3.8) is 0 Å². The number of benzene rings is 4. The average Bonchev–Trinajstić information content (AvgIpc) is 3.95. The van der Waals surface area contributed by atoms with Gasteiger partial charge in [-0.25, -0.2) is 20.0 Å². The predicted molar refractivity (Wildman–Crippen MR) is 235 cm³/mol. The number of fused-ring (bicyclic) bond motifs is 20. The lowest BCUT2D eigenvalue weighted by molar-refractivity contribution is 0.449. The Morgan fingerprint density at radius 1 is 0.264 bits per heavy atom. The first-order valence-electron chi connectivity index (χ1n) is 18.2. The maximum atomic E-state index is 13.4. The number of aromatic amines is 4. The topological polar surface area (TPSA) is 548 Å². The first kappa shape index (κ1) is 50.5. The van der Waals surface area contributed by atoms with E-state index in [1.807, 2.05) is 0 Å². The Morgan fingerprint density at radius 3 is 0.792 bits per heavy atom. The molecule has 0 aliphatic carbocycles. The number of H-pyrrole nitrogens is 4.